The first-order chi connectivity index (χ1) is 8.76. The molecule has 0 radical (unpaired) electrons. The Labute approximate surface area is 108 Å². The lowest BCUT2D eigenvalue weighted by molar-refractivity contribution is -0.193. The van der Waals surface area contributed by atoms with Crippen molar-refractivity contribution in [3.05, 3.63) is 30.1 Å². The van der Waals surface area contributed by atoms with Gasteiger partial charge in [0.25, 0.3) is 0 Å². The average Bonchev–Trinajstić information content (AvgIpc) is 2.37. The first kappa shape index (κ1) is 12.1. The minimum Gasteiger partial charge on any atom is -0.373 e. The highest BCUT2D eigenvalue weighted by Crippen LogP contribution is 2.34. The number of pyridine rings is 1. The zero-order valence-corrected chi connectivity index (χ0v) is 10.8. The van der Waals surface area contributed by atoms with Crippen LogP contribution in [0.15, 0.2) is 24.5 Å². The second-order valence-electron chi connectivity index (χ2n) is 5.49. The molecule has 0 N–H and O–H groups in total. The number of ether oxygens (including phenoxy) is 2. The van der Waals surface area contributed by atoms with Gasteiger partial charge in [0.2, 0.25) is 0 Å². The molecule has 18 heavy (non-hydrogen) atoms. The van der Waals surface area contributed by atoms with Crippen molar-refractivity contribution in [1.29, 1.82) is 0 Å². The molecule has 1 spiro atoms. The van der Waals surface area contributed by atoms with Gasteiger partial charge in [0.1, 0.15) is 0 Å². The van der Waals surface area contributed by atoms with Crippen molar-refractivity contribution in [2.75, 3.05) is 26.7 Å². The second-order valence-corrected chi connectivity index (χ2v) is 5.49. The summed E-state index contributed by atoms with van der Waals surface area (Å²) in [5.41, 5.74) is 1.27. The number of aromatic nitrogens is 1. The molecule has 4 heteroatoms. The zero-order valence-electron chi connectivity index (χ0n) is 10.8. The fraction of sp³-hybridized carbons (Fsp3) is 0.643. The zero-order chi connectivity index (χ0) is 12.4. The summed E-state index contributed by atoms with van der Waals surface area (Å²) in [6.45, 7) is 3.60. The van der Waals surface area contributed by atoms with Crippen molar-refractivity contribution in [2.24, 2.45) is 0 Å². The maximum atomic E-state index is 6.01. The molecule has 2 saturated heterocycles. The lowest BCUT2D eigenvalue weighted by atomic mass is 9.85. The van der Waals surface area contributed by atoms with Crippen LogP contribution in [-0.4, -0.2) is 48.3 Å². The van der Waals surface area contributed by atoms with E-state index in [0.29, 0.717) is 12.7 Å². The summed E-state index contributed by atoms with van der Waals surface area (Å²) in [7, 11) is 2.13. The van der Waals surface area contributed by atoms with Crippen LogP contribution in [0.2, 0.25) is 0 Å². The van der Waals surface area contributed by atoms with E-state index in [4.69, 9.17) is 9.47 Å². The average molecular weight is 248 g/mol. The van der Waals surface area contributed by atoms with Crippen molar-refractivity contribution in [1.82, 2.24) is 9.88 Å². The molecular formula is C14H20N2O2. The second kappa shape index (κ2) is 4.96. The fourth-order valence-electron chi connectivity index (χ4n) is 2.98. The molecule has 0 unspecified atom stereocenters. The number of nitrogens with zero attached hydrogens (tertiary/aromatic N) is 2. The number of likely N-dealkylation sites (tertiary alicyclic amines) is 1. The molecule has 2 fully saturated rings. The van der Waals surface area contributed by atoms with E-state index in [-0.39, 0.29) is 5.60 Å². The van der Waals surface area contributed by atoms with Crippen LogP contribution in [0.3, 0.4) is 0 Å². The van der Waals surface area contributed by atoms with Gasteiger partial charge in [-0.25, -0.2) is 0 Å². The molecule has 2 aliphatic rings. The number of hydrogen-bond donors (Lipinski definition) is 0. The molecule has 98 valence electrons. The largest absolute Gasteiger partial charge is 0.373 e. The minimum absolute atomic E-state index is 0.0793. The van der Waals surface area contributed by atoms with Crippen LogP contribution in [0, 0.1) is 0 Å². The lowest BCUT2D eigenvalue weighted by Gasteiger charge is -2.51. The van der Waals surface area contributed by atoms with E-state index < -0.39 is 0 Å². The molecule has 0 bridgehead atoms. The molecule has 2 aliphatic heterocycles. The highest BCUT2D eigenvalue weighted by Gasteiger charge is 2.46. The number of likely N-dealkylation sites (N-methyl/N-ethyl adjacent to an activating group) is 1. The summed E-state index contributed by atoms with van der Waals surface area (Å²) in [5.74, 6) is 0. The van der Waals surface area contributed by atoms with Crippen molar-refractivity contribution >= 4 is 0 Å². The minimum atomic E-state index is 0.0793. The van der Waals surface area contributed by atoms with Crippen LogP contribution in [-0.2, 0) is 16.1 Å². The maximum Gasteiger partial charge on any atom is 0.0959 e. The van der Waals surface area contributed by atoms with E-state index in [1.165, 1.54) is 5.56 Å². The topological polar surface area (TPSA) is 34.6 Å². The van der Waals surface area contributed by atoms with Crippen LogP contribution >= 0.6 is 0 Å². The van der Waals surface area contributed by atoms with E-state index in [1.54, 1.807) is 0 Å². The van der Waals surface area contributed by atoms with Crippen LogP contribution in [0.5, 0.6) is 0 Å². The van der Waals surface area contributed by atoms with Crippen molar-refractivity contribution in [3.63, 3.8) is 0 Å². The molecular weight excluding hydrogens is 228 g/mol. The van der Waals surface area contributed by atoms with E-state index in [9.17, 15) is 0 Å². The van der Waals surface area contributed by atoms with Gasteiger partial charge in [0, 0.05) is 38.5 Å². The Balaban J connectivity index is 1.51. The maximum absolute atomic E-state index is 6.01. The summed E-state index contributed by atoms with van der Waals surface area (Å²) in [4.78, 5) is 6.31. The van der Waals surface area contributed by atoms with Gasteiger partial charge in [0.15, 0.2) is 0 Å². The van der Waals surface area contributed by atoms with Crippen molar-refractivity contribution < 1.29 is 9.47 Å². The van der Waals surface area contributed by atoms with Crippen molar-refractivity contribution in [2.45, 2.75) is 31.2 Å². The summed E-state index contributed by atoms with van der Waals surface area (Å²) >= 11 is 0. The summed E-state index contributed by atoms with van der Waals surface area (Å²) in [6, 6.07) is 4.01. The normalized spacial score (nSPS) is 27.1. The Kier molecular flexibility index (Phi) is 3.33. The summed E-state index contributed by atoms with van der Waals surface area (Å²) in [6.07, 6.45) is 6.00. The van der Waals surface area contributed by atoms with Gasteiger partial charge in [-0.3, -0.25) is 4.98 Å². The Bertz CT molecular complexity index is 385. The van der Waals surface area contributed by atoms with Crippen molar-refractivity contribution in [3.8, 4) is 0 Å². The number of hydrogen-bond acceptors (Lipinski definition) is 4. The van der Waals surface area contributed by atoms with Gasteiger partial charge in [-0.05, 0) is 31.2 Å². The van der Waals surface area contributed by atoms with E-state index in [2.05, 4.69) is 16.9 Å². The van der Waals surface area contributed by atoms with Gasteiger partial charge < -0.3 is 14.4 Å². The smallest absolute Gasteiger partial charge is 0.0959 e. The summed E-state index contributed by atoms with van der Waals surface area (Å²) in [5, 5.41) is 0. The standard InChI is InChI=1S/C14H20N2O2/c1-16-10-14(11-16)8-13(4-7-18-14)17-9-12-2-5-15-6-3-12/h2-3,5-6,13H,4,7-11H2,1H3/t13-/m0/s1. The first-order valence-corrected chi connectivity index (χ1v) is 6.59. The third kappa shape index (κ3) is 2.55. The Hall–Kier alpha value is -0.970. The van der Waals surface area contributed by atoms with Crippen LogP contribution in [0.25, 0.3) is 0 Å². The Morgan fingerprint density at radius 2 is 2.22 bits per heavy atom. The monoisotopic (exact) mass is 248 g/mol. The van der Waals surface area contributed by atoms with E-state index in [0.717, 1.165) is 32.5 Å². The van der Waals surface area contributed by atoms with Crippen LogP contribution in [0.1, 0.15) is 18.4 Å². The third-order valence-corrected chi connectivity index (χ3v) is 3.80. The predicted octanol–water partition coefficient (Wildman–Crippen LogP) is 1.46. The molecule has 4 nitrogen and oxygen atoms in total. The molecule has 3 heterocycles. The van der Waals surface area contributed by atoms with Gasteiger partial charge >= 0.3 is 0 Å². The SMILES string of the molecule is CN1CC2(C[C@@H](OCc3ccncc3)CCO2)C1. The molecule has 1 atom stereocenters. The van der Waals surface area contributed by atoms with Crippen LogP contribution < -0.4 is 0 Å². The highest BCUT2D eigenvalue weighted by molar-refractivity contribution is 5.08. The van der Waals surface area contributed by atoms with Gasteiger partial charge in [-0.1, -0.05) is 0 Å². The molecule has 0 amide bonds. The highest BCUT2D eigenvalue weighted by atomic mass is 16.5. The molecule has 0 aromatic carbocycles. The van der Waals surface area contributed by atoms with Gasteiger partial charge in [-0.15, -0.1) is 0 Å². The van der Waals surface area contributed by atoms with Gasteiger partial charge in [0.05, 0.1) is 18.3 Å². The van der Waals surface area contributed by atoms with Gasteiger partial charge in [-0.2, -0.15) is 0 Å². The third-order valence-electron chi connectivity index (χ3n) is 3.80. The molecule has 0 aliphatic carbocycles. The predicted molar refractivity (Wildman–Crippen MR) is 68.2 cm³/mol. The molecule has 1 aromatic heterocycles. The van der Waals surface area contributed by atoms with E-state index in [1.807, 2.05) is 24.5 Å². The molecule has 3 rings (SSSR count). The Morgan fingerprint density at radius 1 is 1.44 bits per heavy atom. The first-order valence-electron chi connectivity index (χ1n) is 6.59. The molecule has 1 aromatic rings. The fourth-order valence-corrected chi connectivity index (χ4v) is 2.98. The quantitative estimate of drug-likeness (QED) is 0.811. The Morgan fingerprint density at radius 3 is 2.94 bits per heavy atom. The lowest BCUT2D eigenvalue weighted by Crippen LogP contribution is -2.64. The van der Waals surface area contributed by atoms with E-state index >= 15 is 0 Å². The van der Waals surface area contributed by atoms with Crippen LogP contribution in [0.4, 0.5) is 0 Å². The summed E-state index contributed by atoms with van der Waals surface area (Å²) < 4.78 is 11.9. The molecule has 0 saturated carbocycles. The number of rotatable bonds is 3.